The lowest BCUT2D eigenvalue weighted by Crippen LogP contribution is -2.12. The average Bonchev–Trinajstić information content (AvgIpc) is 3.13. The minimum atomic E-state index is -3.76. The number of halogens is 1. The third-order valence-corrected chi connectivity index (χ3v) is 6.12. The number of sulfonamides is 1. The fourth-order valence-electron chi connectivity index (χ4n) is 3.45. The summed E-state index contributed by atoms with van der Waals surface area (Å²) in [5.41, 5.74) is 4.30. The van der Waals surface area contributed by atoms with E-state index in [9.17, 15) is 8.42 Å². The lowest BCUT2D eigenvalue weighted by Gasteiger charge is -2.11. The number of rotatable bonds is 6. The van der Waals surface area contributed by atoms with Gasteiger partial charge in [-0.05, 0) is 47.9 Å². The maximum absolute atomic E-state index is 11.6. The second kappa shape index (κ2) is 8.34. The van der Waals surface area contributed by atoms with Crippen LogP contribution in [0.1, 0.15) is 31.0 Å². The Morgan fingerprint density at radius 2 is 1.87 bits per heavy atom. The number of aromatic nitrogens is 2. The Labute approximate surface area is 186 Å². The highest BCUT2D eigenvalue weighted by atomic mass is 35.5. The standard InChI is InChI=1S/C23H22ClN3O3S/c1-15(2)21-22(27-11-5-10-20(24)23(27)26-21)17-7-4-8-18(13-17)30-14-16-6-3-9-19(12-16)31(25,28)29/h3-13,15H,14H2,1-2H3,(H2,25,28,29). The van der Waals surface area contributed by atoms with E-state index in [0.717, 1.165) is 17.0 Å². The molecule has 0 fully saturated rings. The van der Waals surface area contributed by atoms with Gasteiger partial charge in [0.1, 0.15) is 12.4 Å². The van der Waals surface area contributed by atoms with Gasteiger partial charge in [-0.1, -0.05) is 49.7 Å². The molecule has 4 aromatic rings. The van der Waals surface area contributed by atoms with E-state index in [2.05, 4.69) is 13.8 Å². The van der Waals surface area contributed by atoms with Gasteiger partial charge >= 0.3 is 0 Å². The van der Waals surface area contributed by atoms with E-state index in [-0.39, 0.29) is 17.4 Å². The lowest BCUT2D eigenvalue weighted by molar-refractivity contribution is 0.306. The quantitative estimate of drug-likeness (QED) is 0.443. The van der Waals surface area contributed by atoms with Crippen LogP contribution in [0.25, 0.3) is 16.9 Å². The fourth-order valence-corrected chi connectivity index (χ4v) is 4.24. The normalized spacial score (nSPS) is 11.9. The maximum atomic E-state index is 11.6. The summed E-state index contributed by atoms with van der Waals surface area (Å²) in [6.07, 6.45) is 1.95. The molecule has 0 radical (unpaired) electrons. The molecule has 0 unspecified atom stereocenters. The molecule has 2 aromatic heterocycles. The Hall–Kier alpha value is -2.87. The molecule has 0 amide bonds. The molecule has 0 spiro atoms. The topological polar surface area (TPSA) is 86.7 Å². The first-order valence-electron chi connectivity index (χ1n) is 9.75. The van der Waals surface area contributed by atoms with Crippen molar-refractivity contribution in [2.24, 2.45) is 5.14 Å². The Morgan fingerprint density at radius 1 is 1.10 bits per heavy atom. The van der Waals surface area contributed by atoms with Gasteiger partial charge in [-0.25, -0.2) is 18.5 Å². The number of hydrogen-bond acceptors (Lipinski definition) is 4. The van der Waals surface area contributed by atoms with Gasteiger partial charge in [0.25, 0.3) is 0 Å². The molecule has 0 aliphatic carbocycles. The van der Waals surface area contributed by atoms with E-state index < -0.39 is 10.0 Å². The molecule has 8 heteroatoms. The highest BCUT2D eigenvalue weighted by Crippen LogP contribution is 2.34. The van der Waals surface area contributed by atoms with Gasteiger partial charge in [0, 0.05) is 11.8 Å². The highest BCUT2D eigenvalue weighted by molar-refractivity contribution is 7.89. The second-order valence-corrected chi connectivity index (χ2v) is 9.53. The summed E-state index contributed by atoms with van der Waals surface area (Å²) in [4.78, 5) is 4.83. The van der Waals surface area contributed by atoms with Crippen LogP contribution in [0.2, 0.25) is 5.02 Å². The number of hydrogen-bond donors (Lipinski definition) is 1. The number of pyridine rings is 1. The number of nitrogens with two attached hydrogens (primary N) is 1. The smallest absolute Gasteiger partial charge is 0.238 e. The number of nitrogens with zero attached hydrogens (tertiary/aromatic N) is 2. The van der Waals surface area contributed by atoms with Crippen LogP contribution < -0.4 is 9.88 Å². The first-order valence-corrected chi connectivity index (χ1v) is 11.7. The Morgan fingerprint density at radius 3 is 2.61 bits per heavy atom. The van der Waals surface area contributed by atoms with Crippen molar-refractivity contribution in [3.05, 3.63) is 83.1 Å². The van der Waals surface area contributed by atoms with E-state index >= 15 is 0 Å². The average molecular weight is 456 g/mol. The van der Waals surface area contributed by atoms with Crippen LogP contribution in [-0.4, -0.2) is 17.8 Å². The molecule has 0 saturated heterocycles. The summed E-state index contributed by atoms with van der Waals surface area (Å²) in [6.45, 7) is 4.40. The molecule has 2 N–H and O–H groups in total. The minimum absolute atomic E-state index is 0.0616. The van der Waals surface area contributed by atoms with Crippen LogP contribution in [-0.2, 0) is 16.6 Å². The van der Waals surface area contributed by atoms with E-state index in [1.165, 1.54) is 12.1 Å². The molecule has 2 heterocycles. The summed E-state index contributed by atoms with van der Waals surface area (Å²) < 4.78 is 31.1. The molecule has 4 rings (SSSR count). The van der Waals surface area contributed by atoms with Crippen molar-refractivity contribution in [3.8, 4) is 17.0 Å². The number of ether oxygens (including phenoxy) is 1. The first kappa shape index (κ1) is 21.4. The van der Waals surface area contributed by atoms with Gasteiger partial charge in [-0.2, -0.15) is 0 Å². The van der Waals surface area contributed by atoms with Crippen LogP contribution in [0.4, 0.5) is 0 Å². The molecule has 2 aromatic carbocycles. The van der Waals surface area contributed by atoms with Crippen molar-refractivity contribution in [1.82, 2.24) is 9.38 Å². The molecule has 0 saturated carbocycles. The zero-order chi connectivity index (χ0) is 22.2. The summed E-state index contributed by atoms with van der Waals surface area (Å²) in [5, 5.41) is 5.81. The van der Waals surface area contributed by atoms with Gasteiger partial charge in [0.05, 0.1) is 21.3 Å². The summed E-state index contributed by atoms with van der Waals surface area (Å²) in [5.74, 6) is 0.863. The number of benzene rings is 2. The number of primary sulfonamides is 1. The highest BCUT2D eigenvalue weighted by Gasteiger charge is 2.18. The molecule has 0 bridgehead atoms. The van der Waals surface area contributed by atoms with E-state index in [0.29, 0.717) is 22.0 Å². The predicted molar refractivity (Wildman–Crippen MR) is 122 cm³/mol. The Kier molecular flexibility index (Phi) is 5.75. The first-order chi connectivity index (χ1) is 14.7. The SMILES string of the molecule is CC(C)c1nc2c(Cl)cccn2c1-c1cccc(OCc2cccc(S(N)(=O)=O)c2)c1. The molecule has 0 aliphatic heterocycles. The van der Waals surface area contributed by atoms with Crippen LogP contribution in [0, 0.1) is 0 Å². The molecular formula is C23H22ClN3O3S. The van der Waals surface area contributed by atoms with E-state index in [1.807, 2.05) is 47.0 Å². The van der Waals surface area contributed by atoms with Crippen LogP contribution >= 0.6 is 11.6 Å². The monoisotopic (exact) mass is 455 g/mol. The van der Waals surface area contributed by atoms with E-state index in [4.69, 9.17) is 26.5 Å². The molecule has 0 aliphatic rings. The van der Waals surface area contributed by atoms with Crippen molar-refractivity contribution in [2.45, 2.75) is 31.3 Å². The van der Waals surface area contributed by atoms with E-state index in [1.54, 1.807) is 12.1 Å². The Bertz CT molecular complexity index is 1360. The third kappa shape index (κ3) is 4.44. The third-order valence-electron chi connectivity index (χ3n) is 4.92. The Balaban J connectivity index is 1.67. The van der Waals surface area contributed by atoms with Gasteiger partial charge in [0.15, 0.2) is 5.65 Å². The van der Waals surface area contributed by atoms with Crippen molar-refractivity contribution in [2.75, 3.05) is 0 Å². The van der Waals surface area contributed by atoms with Crippen molar-refractivity contribution >= 4 is 27.3 Å². The lowest BCUT2D eigenvalue weighted by atomic mass is 10.0. The van der Waals surface area contributed by atoms with Crippen LogP contribution in [0.5, 0.6) is 5.75 Å². The molecule has 6 nitrogen and oxygen atoms in total. The molecule has 31 heavy (non-hydrogen) atoms. The van der Waals surface area contributed by atoms with Crippen molar-refractivity contribution in [1.29, 1.82) is 0 Å². The summed E-state index contributed by atoms with van der Waals surface area (Å²) in [7, 11) is -3.76. The van der Waals surface area contributed by atoms with Crippen LogP contribution in [0.3, 0.4) is 0 Å². The number of imidazole rings is 1. The summed E-state index contributed by atoms with van der Waals surface area (Å²) in [6, 6.07) is 17.9. The predicted octanol–water partition coefficient (Wildman–Crippen LogP) is 5.00. The van der Waals surface area contributed by atoms with Gasteiger partial charge in [-0.15, -0.1) is 0 Å². The van der Waals surface area contributed by atoms with Crippen LogP contribution in [0.15, 0.2) is 71.8 Å². The maximum Gasteiger partial charge on any atom is 0.238 e. The summed E-state index contributed by atoms with van der Waals surface area (Å²) >= 11 is 6.37. The second-order valence-electron chi connectivity index (χ2n) is 7.56. The molecular weight excluding hydrogens is 434 g/mol. The van der Waals surface area contributed by atoms with Crippen molar-refractivity contribution < 1.29 is 13.2 Å². The van der Waals surface area contributed by atoms with Gasteiger partial charge in [0.2, 0.25) is 10.0 Å². The largest absolute Gasteiger partial charge is 0.489 e. The minimum Gasteiger partial charge on any atom is -0.489 e. The zero-order valence-corrected chi connectivity index (χ0v) is 18.7. The molecule has 160 valence electrons. The zero-order valence-electron chi connectivity index (χ0n) is 17.1. The molecule has 0 atom stereocenters. The number of fused-ring (bicyclic) bond motifs is 1. The van der Waals surface area contributed by atoms with Crippen molar-refractivity contribution in [3.63, 3.8) is 0 Å². The van der Waals surface area contributed by atoms with Gasteiger partial charge < -0.3 is 4.74 Å². The van der Waals surface area contributed by atoms with Gasteiger partial charge in [-0.3, -0.25) is 4.40 Å². The fraction of sp³-hybridized carbons (Fsp3) is 0.174.